The number of nitrogens with zero attached hydrogens (tertiary/aromatic N) is 2. The molecule has 0 heterocycles. The zero-order valence-electron chi connectivity index (χ0n) is 20.8. The van der Waals surface area contributed by atoms with Crippen LogP contribution in [0.1, 0.15) is 22.3 Å². The lowest BCUT2D eigenvalue weighted by molar-refractivity contribution is -0.148. The molecule has 4 atom stereocenters. The number of primary amides is 3. The fraction of sp³-hybridized carbons (Fsp3) is 0.417. The Hall–Kier alpha value is -4.10. The summed E-state index contributed by atoms with van der Waals surface area (Å²) in [5.74, 6) is -6.53. The zero-order chi connectivity index (χ0) is 28.1. The number of aliphatic hydroxyl groups excluding tert-OH is 2. The van der Waals surface area contributed by atoms with Crippen LogP contribution in [-0.4, -0.2) is 88.7 Å². The van der Waals surface area contributed by atoms with Crippen molar-refractivity contribution >= 4 is 29.2 Å². The van der Waals surface area contributed by atoms with E-state index >= 15 is 0 Å². The van der Waals surface area contributed by atoms with Crippen molar-refractivity contribution in [1.29, 1.82) is 0 Å². The summed E-state index contributed by atoms with van der Waals surface area (Å²) in [5.41, 5.74) is 11.5. The normalized spacial score (nSPS) is 26.6. The molecule has 0 saturated carbocycles. The van der Waals surface area contributed by atoms with Crippen LogP contribution in [0.25, 0.3) is 0 Å². The zero-order valence-corrected chi connectivity index (χ0v) is 20.8. The molecule has 13 heteroatoms. The minimum atomic E-state index is -2.63. The molecule has 3 amide bonds. The largest absolute Gasteiger partial charge is 0.510 e. The summed E-state index contributed by atoms with van der Waals surface area (Å²) in [6, 6.07) is 1.23. The van der Waals surface area contributed by atoms with E-state index in [0.29, 0.717) is 5.56 Å². The van der Waals surface area contributed by atoms with Gasteiger partial charge >= 0.3 is 6.03 Å². The summed E-state index contributed by atoms with van der Waals surface area (Å²) >= 11 is 0. The number of amides is 3. The number of carbonyl (C=O) groups is 4. The molecule has 0 spiro atoms. The molecule has 3 aliphatic rings. The minimum Gasteiger partial charge on any atom is -0.510 e. The smallest absolute Gasteiger partial charge is 0.309 e. The van der Waals surface area contributed by atoms with Crippen LogP contribution in [0.3, 0.4) is 0 Å². The topological polar surface area (TPSA) is 234 Å². The van der Waals surface area contributed by atoms with Gasteiger partial charge in [0.2, 0.25) is 5.78 Å². The minimum absolute atomic E-state index is 0.00184. The van der Waals surface area contributed by atoms with Crippen LogP contribution in [0, 0.1) is 11.8 Å². The summed E-state index contributed by atoms with van der Waals surface area (Å²) in [6.07, 6.45) is 0.324. The van der Waals surface area contributed by atoms with Gasteiger partial charge in [0.15, 0.2) is 11.4 Å². The van der Waals surface area contributed by atoms with Gasteiger partial charge in [-0.25, -0.2) is 4.79 Å². The molecule has 0 unspecified atom stereocenters. The number of aliphatic hydroxyl groups is 3. The van der Waals surface area contributed by atoms with Crippen LogP contribution in [-0.2, 0) is 16.0 Å². The Labute approximate surface area is 212 Å². The number of hydrogen-bond acceptors (Lipinski definition) is 10. The molecule has 10 N–H and O–H groups in total. The van der Waals surface area contributed by atoms with E-state index in [1.807, 2.05) is 0 Å². The maximum atomic E-state index is 13.5. The number of phenols is 1. The maximum Gasteiger partial charge on any atom is 0.309 e. The Kier molecular flexibility index (Phi) is 6.99. The van der Waals surface area contributed by atoms with Crippen molar-refractivity contribution in [3.8, 4) is 5.75 Å². The van der Waals surface area contributed by atoms with E-state index in [-0.39, 0.29) is 29.7 Å². The number of anilines is 1. The Morgan fingerprint density at radius 1 is 1.03 bits per heavy atom. The number of aromatic hydroxyl groups is 1. The Balaban J connectivity index is 0.000000886. The van der Waals surface area contributed by atoms with Crippen LogP contribution in [0.15, 0.2) is 34.8 Å². The number of urea groups is 1. The average Bonchev–Trinajstić information content (AvgIpc) is 2.75. The lowest BCUT2D eigenvalue weighted by Crippen LogP contribution is -2.63. The van der Waals surface area contributed by atoms with Gasteiger partial charge in [0.05, 0.1) is 11.6 Å². The van der Waals surface area contributed by atoms with Crippen LogP contribution < -0.4 is 22.1 Å². The van der Waals surface area contributed by atoms with Crippen molar-refractivity contribution in [3.63, 3.8) is 0 Å². The molecule has 0 aromatic heterocycles. The molecule has 0 aliphatic heterocycles. The van der Waals surface area contributed by atoms with Gasteiger partial charge in [-0.15, -0.1) is 0 Å². The molecule has 13 nitrogen and oxygen atoms in total. The van der Waals surface area contributed by atoms with Gasteiger partial charge in [0.25, 0.3) is 5.91 Å². The summed E-state index contributed by atoms with van der Waals surface area (Å²) in [7, 11) is 6.79. The van der Waals surface area contributed by atoms with E-state index in [1.165, 1.54) is 11.0 Å². The fourth-order valence-electron chi connectivity index (χ4n) is 5.65. The molecular weight excluding hydrogens is 486 g/mol. The second kappa shape index (κ2) is 9.41. The van der Waals surface area contributed by atoms with Crippen molar-refractivity contribution in [2.24, 2.45) is 29.0 Å². The average molecular weight is 518 g/mol. The fourth-order valence-corrected chi connectivity index (χ4v) is 5.65. The molecule has 4 rings (SSSR count). The van der Waals surface area contributed by atoms with Gasteiger partial charge in [-0.2, -0.15) is 0 Å². The number of fused-ring (bicyclic) bond motifs is 3. The number of allylic oxidation sites excluding steroid dienone is 1. The third-order valence-electron chi connectivity index (χ3n) is 7.06. The number of nitrogens with two attached hydrogens (primary N) is 3. The number of rotatable bonds is 3. The molecule has 0 bridgehead atoms. The Morgan fingerprint density at radius 3 is 2.08 bits per heavy atom. The summed E-state index contributed by atoms with van der Waals surface area (Å²) in [6.45, 7) is 0. The van der Waals surface area contributed by atoms with Gasteiger partial charge in [-0.3, -0.25) is 19.3 Å². The first kappa shape index (κ1) is 27.5. The third kappa shape index (κ3) is 4.15. The second-order valence-corrected chi connectivity index (χ2v) is 9.72. The number of ketones is 2. The Bertz CT molecular complexity index is 1260. The predicted octanol–water partition coefficient (Wildman–Crippen LogP) is -0.790. The summed E-state index contributed by atoms with van der Waals surface area (Å²) in [4.78, 5) is 51.0. The number of carbonyl (C=O) groups excluding carboxylic acids is 4. The van der Waals surface area contributed by atoms with E-state index in [9.17, 15) is 34.8 Å². The molecular formula is C24H31N5O8. The number of benzene rings is 1. The highest BCUT2D eigenvalue weighted by molar-refractivity contribution is 6.24. The molecule has 0 saturated heterocycles. The third-order valence-corrected chi connectivity index (χ3v) is 7.06. The monoisotopic (exact) mass is 517 g/mol. The number of phenolic OH excluding ortho intramolecular Hbond substituents is 1. The highest BCUT2D eigenvalue weighted by Gasteiger charge is 2.63. The van der Waals surface area contributed by atoms with Gasteiger partial charge in [0.1, 0.15) is 22.8 Å². The van der Waals surface area contributed by atoms with Crippen LogP contribution >= 0.6 is 0 Å². The molecule has 0 fully saturated rings. The molecule has 1 aromatic carbocycles. The lowest BCUT2D eigenvalue weighted by Gasteiger charge is -2.50. The van der Waals surface area contributed by atoms with Crippen molar-refractivity contribution in [2.45, 2.75) is 24.5 Å². The molecule has 0 radical (unpaired) electrons. The van der Waals surface area contributed by atoms with Gasteiger partial charge in [-0.05, 0) is 50.6 Å². The van der Waals surface area contributed by atoms with E-state index < -0.39 is 64.1 Å². The SMILES string of the molecule is CN(C)c1ccc(O)c2c1C[C@H]1C[C@H]3[C@H](N(C)C)C(O)=C(C(N)=O)C(=O)[C@@]3(O)C(O)=C1C2=O.NC(N)=O. The quantitative estimate of drug-likeness (QED) is 0.247. The molecule has 200 valence electrons. The van der Waals surface area contributed by atoms with Gasteiger partial charge < -0.3 is 42.5 Å². The second-order valence-electron chi connectivity index (χ2n) is 9.72. The summed E-state index contributed by atoms with van der Waals surface area (Å²) in [5, 5.41) is 43.9. The van der Waals surface area contributed by atoms with Crippen molar-refractivity contribution in [1.82, 2.24) is 4.90 Å². The predicted molar refractivity (Wildman–Crippen MR) is 132 cm³/mol. The Morgan fingerprint density at radius 2 is 1.59 bits per heavy atom. The van der Waals surface area contributed by atoms with Crippen LogP contribution in [0.4, 0.5) is 10.5 Å². The first-order valence-corrected chi connectivity index (χ1v) is 11.3. The van der Waals surface area contributed by atoms with Crippen molar-refractivity contribution < 1.29 is 39.6 Å². The first-order valence-electron chi connectivity index (χ1n) is 11.3. The maximum absolute atomic E-state index is 13.5. The van der Waals surface area contributed by atoms with E-state index in [1.54, 1.807) is 39.2 Å². The molecule has 1 aromatic rings. The van der Waals surface area contributed by atoms with E-state index in [2.05, 4.69) is 11.5 Å². The number of Topliss-reactive ketones (excluding diaryl/α,β-unsaturated/α-hetero) is 2. The van der Waals surface area contributed by atoms with E-state index in [4.69, 9.17) is 10.5 Å². The van der Waals surface area contributed by atoms with E-state index in [0.717, 1.165) is 5.69 Å². The number of hydrogen-bond donors (Lipinski definition) is 7. The van der Waals surface area contributed by atoms with Crippen molar-refractivity contribution in [3.05, 3.63) is 45.9 Å². The first-order chi connectivity index (χ1) is 17.1. The standard InChI is InChI=1S/C23H27N3O7.CH4N2O/c1-25(2)12-5-6-13(27)15-10(12)7-9-8-11-17(26(3)4)19(29)16(22(24)32)21(31)23(11,33)20(30)14(9)18(15)28;2-1(3)4/h5-6,9,11,17,27,29-30,33H,7-8H2,1-4H3,(H2,24,32);(H4,2,3,4)/t9-,11-,17-,23-;/m0./s1. The highest BCUT2D eigenvalue weighted by atomic mass is 16.3. The van der Waals surface area contributed by atoms with Gasteiger partial charge in [-0.1, -0.05) is 0 Å². The summed E-state index contributed by atoms with van der Waals surface area (Å²) < 4.78 is 0. The highest BCUT2D eigenvalue weighted by Crippen LogP contribution is 2.52. The molecule has 3 aliphatic carbocycles. The van der Waals surface area contributed by atoms with Crippen LogP contribution in [0.2, 0.25) is 0 Å². The number of likely N-dealkylation sites (N-methyl/N-ethyl adjacent to an activating group) is 1. The lowest BCUT2D eigenvalue weighted by atomic mass is 9.58. The van der Waals surface area contributed by atoms with Crippen LogP contribution in [0.5, 0.6) is 5.75 Å². The van der Waals surface area contributed by atoms with Crippen molar-refractivity contribution in [2.75, 3.05) is 33.1 Å². The van der Waals surface area contributed by atoms with Gasteiger partial charge in [0, 0.05) is 31.3 Å². The molecule has 37 heavy (non-hydrogen) atoms.